The summed E-state index contributed by atoms with van der Waals surface area (Å²) in [5.74, 6) is 0.0566. The predicted octanol–water partition coefficient (Wildman–Crippen LogP) is 2.17. The Morgan fingerprint density at radius 1 is 1.04 bits per heavy atom. The average molecular weight is 345 g/mol. The Hall–Kier alpha value is -2.08. The van der Waals surface area contributed by atoms with E-state index in [1.807, 2.05) is 35.2 Å². The van der Waals surface area contributed by atoms with Gasteiger partial charge in [-0.15, -0.1) is 0 Å². The minimum Gasteiger partial charge on any atom is -0.445 e. The molecule has 0 heterocycles. The summed E-state index contributed by atoms with van der Waals surface area (Å²) in [4.78, 5) is 26.0. The molecule has 0 spiro atoms. The lowest BCUT2D eigenvalue weighted by Crippen LogP contribution is -2.49. The van der Waals surface area contributed by atoms with Crippen molar-refractivity contribution in [2.75, 3.05) is 6.54 Å². The van der Waals surface area contributed by atoms with Gasteiger partial charge in [0.1, 0.15) is 6.61 Å². The number of nitrogens with two attached hydrogens (primary N) is 1. The molecule has 1 aromatic carbocycles. The average Bonchev–Trinajstić information content (AvgIpc) is 3.47. The van der Waals surface area contributed by atoms with Gasteiger partial charge in [0, 0.05) is 18.1 Å². The summed E-state index contributed by atoms with van der Waals surface area (Å²) in [6.07, 6.45) is 5.37. The Balaban J connectivity index is 1.41. The maximum atomic E-state index is 12.1. The van der Waals surface area contributed by atoms with E-state index in [1.165, 1.54) is 0 Å². The number of hydrogen-bond donors (Lipinski definition) is 2. The van der Waals surface area contributed by atoms with Gasteiger partial charge in [-0.25, -0.2) is 4.79 Å². The highest BCUT2D eigenvalue weighted by atomic mass is 16.5. The van der Waals surface area contributed by atoms with Crippen molar-refractivity contribution in [2.24, 2.45) is 5.73 Å². The third-order valence-electron chi connectivity index (χ3n) is 5.03. The second-order valence-electron chi connectivity index (χ2n) is 6.95. The van der Waals surface area contributed by atoms with Crippen molar-refractivity contribution in [3.63, 3.8) is 0 Å². The lowest BCUT2D eigenvalue weighted by atomic mass is 9.90. The molecule has 2 aliphatic carbocycles. The Bertz CT molecular complexity index is 581. The highest BCUT2D eigenvalue weighted by molar-refractivity contribution is 5.79. The van der Waals surface area contributed by atoms with Crippen LogP contribution in [0.25, 0.3) is 0 Å². The number of carbonyl (C=O) groups is 2. The van der Waals surface area contributed by atoms with Crippen molar-refractivity contribution in [3.8, 4) is 0 Å². The summed E-state index contributed by atoms with van der Waals surface area (Å²) >= 11 is 0. The fraction of sp³-hybridized carbons (Fsp3) is 0.579. The third kappa shape index (κ3) is 4.95. The number of amides is 2. The van der Waals surface area contributed by atoms with E-state index in [2.05, 4.69) is 5.32 Å². The highest BCUT2D eigenvalue weighted by Crippen LogP contribution is 2.33. The largest absolute Gasteiger partial charge is 0.445 e. The second kappa shape index (κ2) is 8.34. The molecule has 2 fully saturated rings. The van der Waals surface area contributed by atoms with Gasteiger partial charge in [0.15, 0.2) is 0 Å². The quantitative estimate of drug-likeness (QED) is 0.827. The van der Waals surface area contributed by atoms with E-state index in [0.29, 0.717) is 6.04 Å². The van der Waals surface area contributed by atoms with E-state index in [1.54, 1.807) is 0 Å². The smallest absolute Gasteiger partial charge is 0.407 e. The van der Waals surface area contributed by atoms with Crippen molar-refractivity contribution >= 4 is 12.0 Å². The zero-order chi connectivity index (χ0) is 17.6. The number of hydrogen-bond acceptors (Lipinski definition) is 4. The summed E-state index contributed by atoms with van der Waals surface area (Å²) in [5, 5.41) is 2.95. The molecule has 0 unspecified atom stereocenters. The van der Waals surface area contributed by atoms with Crippen molar-refractivity contribution in [1.29, 1.82) is 0 Å². The van der Waals surface area contributed by atoms with Crippen LogP contribution in [0, 0.1) is 0 Å². The zero-order valence-corrected chi connectivity index (χ0v) is 14.5. The zero-order valence-electron chi connectivity index (χ0n) is 14.5. The first-order chi connectivity index (χ1) is 12.2. The molecule has 6 heteroatoms. The fourth-order valence-electron chi connectivity index (χ4n) is 3.59. The van der Waals surface area contributed by atoms with Crippen LogP contribution >= 0.6 is 0 Å². The molecule has 136 valence electrons. The van der Waals surface area contributed by atoms with Crippen LogP contribution in [0.4, 0.5) is 4.79 Å². The predicted molar refractivity (Wildman–Crippen MR) is 94.7 cm³/mol. The van der Waals surface area contributed by atoms with Crippen molar-refractivity contribution in [1.82, 2.24) is 10.2 Å². The monoisotopic (exact) mass is 345 g/mol. The number of ether oxygens (including phenoxy) is 1. The van der Waals surface area contributed by atoms with Crippen molar-refractivity contribution in [2.45, 2.75) is 63.3 Å². The minimum absolute atomic E-state index is 0.0566. The summed E-state index contributed by atoms with van der Waals surface area (Å²) in [6.45, 7) is 0.364. The first-order valence-electron chi connectivity index (χ1n) is 9.16. The number of nitrogens with one attached hydrogen (secondary N) is 1. The first kappa shape index (κ1) is 17.7. The molecule has 1 aromatic rings. The van der Waals surface area contributed by atoms with E-state index < -0.39 is 0 Å². The summed E-state index contributed by atoms with van der Waals surface area (Å²) in [5.41, 5.74) is 6.53. The Morgan fingerprint density at radius 2 is 1.64 bits per heavy atom. The van der Waals surface area contributed by atoms with Crippen molar-refractivity contribution in [3.05, 3.63) is 35.9 Å². The van der Waals surface area contributed by atoms with Gasteiger partial charge in [0.25, 0.3) is 0 Å². The van der Waals surface area contributed by atoms with E-state index in [-0.39, 0.29) is 37.2 Å². The number of rotatable bonds is 6. The second-order valence-corrected chi connectivity index (χ2v) is 6.95. The van der Waals surface area contributed by atoms with Gasteiger partial charge in [-0.1, -0.05) is 30.3 Å². The third-order valence-corrected chi connectivity index (χ3v) is 5.03. The molecule has 0 atom stereocenters. The number of benzene rings is 1. The molecule has 0 aliphatic heterocycles. The number of alkyl carbamates (subject to hydrolysis) is 1. The molecule has 0 saturated heterocycles. The van der Waals surface area contributed by atoms with Gasteiger partial charge in [-0.3, -0.25) is 4.79 Å². The van der Waals surface area contributed by atoms with E-state index >= 15 is 0 Å². The van der Waals surface area contributed by atoms with Crippen LogP contribution in [0.2, 0.25) is 0 Å². The molecule has 0 radical (unpaired) electrons. The Morgan fingerprint density at radius 3 is 2.20 bits per heavy atom. The molecule has 25 heavy (non-hydrogen) atoms. The molecule has 2 amide bonds. The lowest BCUT2D eigenvalue weighted by Gasteiger charge is -2.37. The maximum absolute atomic E-state index is 12.1. The highest BCUT2D eigenvalue weighted by Gasteiger charge is 2.38. The molecular formula is C19H27N3O3. The van der Waals surface area contributed by atoms with Gasteiger partial charge < -0.3 is 20.7 Å². The minimum atomic E-state index is -0.371. The maximum Gasteiger partial charge on any atom is 0.407 e. The summed E-state index contributed by atoms with van der Waals surface area (Å²) < 4.78 is 5.28. The van der Waals surface area contributed by atoms with Crippen LogP contribution < -0.4 is 11.1 Å². The van der Waals surface area contributed by atoms with Gasteiger partial charge in [0.2, 0.25) is 5.91 Å². The summed E-state index contributed by atoms with van der Waals surface area (Å²) in [6, 6.07) is 10.4. The van der Waals surface area contributed by atoms with Crippen LogP contribution in [0.3, 0.4) is 0 Å². The molecule has 3 rings (SSSR count). The van der Waals surface area contributed by atoms with Crippen molar-refractivity contribution < 1.29 is 14.3 Å². The lowest BCUT2D eigenvalue weighted by molar-refractivity contribution is -0.133. The molecular weight excluding hydrogens is 318 g/mol. The standard InChI is InChI=1S/C19H27N3O3/c20-12-18(23)22(17-10-11-17)16-8-6-15(7-9-16)21-19(24)25-13-14-4-2-1-3-5-14/h1-5,15-17H,6-13,20H2,(H,21,24). The van der Waals surface area contributed by atoms with Gasteiger partial charge in [-0.05, 0) is 44.1 Å². The van der Waals surface area contributed by atoms with Crippen LogP contribution in [0.15, 0.2) is 30.3 Å². The van der Waals surface area contributed by atoms with Crippen LogP contribution in [0.1, 0.15) is 44.1 Å². The molecule has 2 aliphatic rings. The summed E-state index contributed by atoms with van der Waals surface area (Å²) in [7, 11) is 0. The molecule has 2 saturated carbocycles. The molecule has 6 nitrogen and oxygen atoms in total. The van der Waals surface area contributed by atoms with Gasteiger partial charge >= 0.3 is 6.09 Å². The molecule has 0 aromatic heterocycles. The Kier molecular flexibility index (Phi) is 5.91. The Labute approximate surface area is 148 Å². The van der Waals surface area contributed by atoms with Crippen LogP contribution in [-0.4, -0.2) is 41.6 Å². The SMILES string of the molecule is NCC(=O)N(C1CCC(NC(=O)OCc2ccccc2)CC1)C1CC1. The molecule has 3 N–H and O–H groups in total. The van der Waals surface area contributed by atoms with E-state index in [4.69, 9.17) is 10.5 Å². The van der Waals surface area contributed by atoms with Gasteiger partial charge in [-0.2, -0.15) is 0 Å². The number of nitrogens with zero attached hydrogens (tertiary/aromatic N) is 1. The fourth-order valence-corrected chi connectivity index (χ4v) is 3.59. The first-order valence-corrected chi connectivity index (χ1v) is 9.16. The van der Waals surface area contributed by atoms with E-state index in [0.717, 1.165) is 44.1 Å². The number of carbonyl (C=O) groups excluding carboxylic acids is 2. The molecule has 0 bridgehead atoms. The topological polar surface area (TPSA) is 84.7 Å². The van der Waals surface area contributed by atoms with E-state index in [9.17, 15) is 9.59 Å². The normalized spacial score (nSPS) is 22.9. The van der Waals surface area contributed by atoms with Crippen LogP contribution in [-0.2, 0) is 16.1 Å². The van der Waals surface area contributed by atoms with Gasteiger partial charge in [0.05, 0.1) is 6.54 Å². The van der Waals surface area contributed by atoms with Crippen LogP contribution in [0.5, 0.6) is 0 Å².